The molecule has 1 aromatic rings. The van der Waals surface area contributed by atoms with E-state index in [1.54, 1.807) is 0 Å². The molecule has 0 spiro atoms. The first-order valence-electron chi connectivity index (χ1n) is 4.05. The normalized spacial score (nSPS) is 12.1. The standard InChI is InChI=1S/C8H8N2O5/c11-8(5-9(12)13)6-1-3-7(4-2-6)10(14)15/h1-4,8,11H,5H2/t8-/m0/s1. The summed E-state index contributed by atoms with van der Waals surface area (Å²) >= 11 is 0. The fraction of sp³-hybridized carbons (Fsp3) is 0.250. The lowest BCUT2D eigenvalue weighted by molar-refractivity contribution is -0.491. The summed E-state index contributed by atoms with van der Waals surface area (Å²) in [5.41, 5.74) is 0.171. The van der Waals surface area contributed by atoms with Gasteiger partial charge in [-0.1, -0.05) is 0 Å². The van der Waals surface area contributed by atoms with E-state index in [4.69, 9.17) is 0 Å². The minimum Gasteiger partial charge on any atom is -0.382 e. The Kier molecular flexibility index (Phi) is 3.29. The molecule has 0 amide bonds. The molecule has 0 fully saturated rings. The lowest BCUT2D eigenvalue weighted by Crippen LogP contribution is -2.11. The highest BCUT2D eigenvalue weighted by atomic mass is 16.6. The lowest BCUT2D eigenvalue weighted by atomic mass is 10.1. The van der Waals surface area contributed by atoms with Crippen LogP contribution in [0, 0.1) is 20.2 Å². The number of nitro groups is 2. The summed E-state index contributed by atoms with van der Waals surface area (Å²) in [6, 6.07) is 4.98. The minimum absolute atomic E-state index is 0.118. The maximum absolute atomic E-state index is 10.3. The second-order valence-electron chi connectivity index (χ2n) is 2.88. The first-order chi connectivity index (χ1) is 7.00. The molecule has 0 saturated carbocycles. The summed E-state index contributed by atoms with van der Waals surface area (Å²) in [5.74, 6) is 0. The monoisotopic (exact) mass is 212 g/mol. The van der Waals surface area contributed by atoms with Crippen molar-refractivity contribution < 1.29 is 15.0 Å². The molecule has 0 unspecified atom stereocenters. The molecule has 0 aliphatic rings. The molecular weight excluding hydrogens is 204 g/mol. The second-order valence-corrected chi connectivity index (χ2v) is 2.88. The van der Waals surface area contributed by atoms with Gasteiger partial charge in [0.1, 0.15) is 6.10 Å². The van der Waals surface area contributed by atoms with Gasteiger partial charge in [0.15, 0.2) is 0 Å². The number of nitrogens with zero attached hydrogens (tertiary/aromatic N) is 2. The molecule has 0 heterocycles. The molecule has 1 aromatic carbocycles. The summed E-state index contributed by atoms with van der Waals surface area (Å²) in [6.07, 6.45) is -1.24. The van der Waals surface area contributed by atoms with Crippen molar-refractivity contribution in [2.24, 2.45) is 0 Å². The molecular formula is C8H8N2O5. The quantitative estimate of drug-likeness (QED) is 0.589. The summed E-state index contributed by atoms with van der Waals surface area (Å²) < 4.78 is 0. The van der Waals surface area contributed by atoms with E-state index in [0.717, 1.165) is 0 Å². The summed E-state index contributed by atoms with van der Waals surface area (Å²) in [4.78, 5) is 19.2. The Balaban J connectivity index is 2.79. The van der Waals surface area contributed by atoms with Crippen LogP contribution < -0.4 is 0 Å². The number of benzene rings is 1. The van der Waals surface area contributed by atoms with Crippen LogP contribution in [0.15, 0.2) is 24.3 Å². The molecule has 80 valence electrons. The molecule has 1 rings (SSSR count). The second kappa shape index (κ2) is 4.47. The van der Waals surface area contributed by atoms with E-state index in [-0.39, 0.29) is 11.3 Å². The van der Waals surface area contributed by atoms with E-state index in [9.17, 15) is 25.3 Å². The number of hydrogen-bond acceptors (Lipinski definition) is 5. The summed E-state index contributed by atoms with van der Waals surface area (Å²) in [5, 5.41) is 29.7. The van der Waals surface area contributed by atoms with Crippen LogP contribution in [0.25, 0.3) is 0 Å². The molecule has 0 aromatic heterocycles. The number of nitro benzene ring substituents is 1. The van der Waals surface area contributed by atoms with Crippen molar-refractivity contribution in [1.82, 2.24) is 0 Å². The van der Waals surface area contributed by atoms with E-state index < -0.39 is 22.5 Å². The van der Waals surface area contributed by atoms with Crippen LogP contribution in [0.2, 0.25) is 0 Å². The number of aliphatic hydroxyl groups is 1. The van der Waals surface area contributed by atoms with Crippen LogP contribution in [0.3, 0.4) is 0 Å². The van der Waals surface area contributed by atoms with Crippen LogP contribution in [-0.2, 0) is 0 Å². The fourth-order valence-corrected chi connectivity index (χ4v) is 1.06. The fourth-order valence-electron chi connectivity index (χ4n) is 1.06. The third-order valence-electron chi connectivity index (χ3n) is 1.81. The lowest BCUT2D eigenvalue weighted by Gasteiger charge is -2.04. The van der Waals surface area contributed by atoms with Gasteiger partial charge in [-0.25, -0.2) is 0 Å². The summed E-state index contributed by atoms with van der Waals surface area (Å²) in [6.45, 7) is -0.613. The highest BCUT2D eigenvalue weighted by molar-refractivity contribution is 5.33. The van der Waals surface area contributed by atoms with Gasteiger partial charge in [0.2, 0.25) is 6.54 Å². The Labute approximate surface area is 84.3 Å². The molecule has 0 radical (unpaired) electrons. The summed E-state index contributed by atoms with van der Waals surface area (Å²) in [7, 11) is 0. The van der Waals surface area contributed by atoms with Crippen molar-refractivity contribution in [2.75, 3.05) is 6.54 Å². The van der Waals surface area contributed by atoms with Crippen molar-refractivity contribution >= 4 is 5.69 Å². The zero-order valence-electron chi connectivity index (χ0n) is 7.57. The molecule has 1 atom stereocenters. The number of aliphatic hydroxyl groups excluding tert-OH is 1. The van der Waals surface area contributed by atoms with Crippen molar-refractivity contribution in [1.29, 1.82) is 0 Å². The molecule has 0 aliphatic carbocycles. The van der Waals surface area contributed by atoms with Crippen LogP contribution in [0.4, 0.5) is 5.69 Å². The molecule has 1 N–H and O–H groups in total. The van der Waals surface area contributed by atoms with Crippen molar-refractivity contribution in [2.45, 2.75) is 6.10 Å². The van der Waals surface area contributed by atoms with Gasteiger partial charge < -0.3 is 5.11 Å². The smallest absolute Gasteiger partial charge is 0.269 e. The van der Waals surface area contributed by atoms with Gasteiger partial charge >= 0.3 is 0 Å². The Morgan fingerprint density at radius 1 is 1.20 bits per heavy atom. The van der Waals surface area contributed by atoms with Gasteiger partial charge in [0.25, 0.3) is 5.69 Å². The number of non-ortho nitro benzene ring substituents is 1. The minimum atomic E-state index is -1.24. The maximum atomic E-state index is 10.3. The van der Waals surface area contributed by atoms with E-state index in [1.165, 1.54) is 24.3 Å². The zero-order valence-corrected chi connectivity index (χ0v) is 7.57. The zero-order chi connectivity index (χ0) is 11.4. The Bertz CT molecular complexity index is 375. The van der Waals surface area contributed by atoms with Gasteiger partial charge in [-0.3, -0.25) is 20.2 Å². The SMILES string of the molecule is O=[N+]([O-])C[C@H](O)c1ccc([N+](=O)[O-])cc1. The van der Waals surface area contributed by atoms with Crippen LogP contribution in [-0.4, -0.2) is 21.5 Å². The van der Waals surface area contributed by atoms with Crippen LogP contribution >= 0.6 is 0 Å². The van der Waals surface area contributed by atoms with Gasteiger partial charge in [-0.05, 0) is 17.7 Å². The topological polar surface area (TPSA) is 107 Å². The van der Waals surface area contributed by atoms with E-state index in [1.807, 2.05) is 0 Å². The highest BCUT2D eigenvalue weighted by Gasteiger charge is 2.15. The molecule has 15 heavy (non-hydrogen) atoms. The number of hydrogen-bond donors (Lipinski definition) is 1. The molecule has 0 saturated heterocycles. The molecule has 0 bridgehead atoms. The Morgan fingerprint density at radius 3 is 2.13 bits per heavy atom. The first-order valence-corrected chi connectivity index (χ1v) is 4.05. The molecule has 0 aliphatic heterocycles. The third-order valence-corrected chi connectivity index (χ3v) is 1.81. The van der Waals surface area contributed by atoms with Gasteiger partial charge in [0.05, 0.1) is 4.92 Å². The van der Waals surface area contributed by atoms with Gasteiger partial charge in [-0.2, -0.15) is 0 Å². The third kappa shape index (κ3) is 2.99. The largest absolute Gasteiger partial charge is 0.382 e. The van der Waals surface area contributed by atoms with E-state index >= 15 is 0 Å². The highest BCUT2D eigenvalue weighted by Crippen LogP contribution is 2.17. The molecule has 7 heteroatoms. The van der Waals surface area contributed by atoms with E-state index in [2.05, 4.69) is 0 Å². The Hall–Kier alpha value is -2.02. The average molecular weight is 212 g/mol. The van der Waals surface area contributed by atoms with Crippen molar-refractivity contribution in [3.05, 3.63) is 50.1 Å². The van der Waals surface area contributed by atoms with Crippen LogP contribution in [0.1, 0.15) is 11.7 Å². The van der Waals surface area contributed by atoms with Crippen molar-refractivity contribution in [3.63, 3.8) is 0 Å². The van der Waals surface area contributed by atoms with Crippen LogP contribution in [0.5, 0.6) is 0 Å². The first kappa shape index (κ1) is 11.1. The predicted molar refractivity (Wildman–Crippen MR) is 49.9 cm³/mol. The van der Waals surface area contributed by atoms with Crippen molar-refractivity contribution in [3.8, 4) is 0 Å². The Morgan fingerprint density at radius 2 is 1.73 bits per heavy atom. The number of rotatable bonds is 4. The maximum Gasteiger partial charge on any atom is 0.269 e. The predicted octanol–water partition coefficient (Wildman–Crippen LogP) is 0.905. The molecule has 7 nitrogen and oxygen atoms in total. The van der Waals surface area contributed by atoms with Gasteiger partial charge in [0, 0.05) is 17.1 Å². The van der Waals surface area contributed by atoms with Gasteiger partial charge in [-0.15, -0.1) is 0 Å². The average Bonchev–Trinajstić information content (AvgIpc) is 2.17. The van der Waals surface area contributed by atoms with E-state index in [0.29, 0.717) is 0 Å².